The van der Waals surface area contributed by atoms with E-state index < -0.39 is 17.9 Å². The van der Waals surface area contributed by atoms with Crippen LogP contribution < -0.4 is 11.1 Å². The number of benzene rings is 1. The Bertz CT molecular complexity index is 388. The first-order valence-corrected chi connectivity index (χ1v) is 4.40. The van der Waals surface area contributed by atoms with Crippen molar-refractivity contribution in [2.24, 2.45) is 0 Å². The van der Waals surface area contributed by atoms with Crippen molar-refractivity contribution in [3.63, 3.8) is 0 Å². The van der Waals surface area contributed by atoms with Crippen LogP contribution in [0.3, 0.4) is 0 Å². The molecule has 15 heavy (non-hydrogen) atoms. The number of nitrogen functional groups attached to an aromatic ring is 1. The van der Waals surface area contributed by atoms with Gasteiger partial charge < -0.3 is 10.8 Å². The van der Waals surface area contributed by atoms with Gasteiger partial charge in [-0.05, 0) is 19.1 Å². The lowest BCUT2D eigenvalue weighted by molar-refractivity contribution is -0.127. The third kappa shape index (κ3) is 2.78. The quantitative estimate of drug-likeness (QED) is 0.592. The average Bonchev–Trinajstić information content (AvgIpc) is 2.18. The molecular weight excluding hydrogens is 196 g/mol. The van der Waals surface area contributed by atoms with E-state index >= 15 is 0 Å². The first-order chi connectivity index (χ1) is 7.02. The highest BCUT2D eigenvalue weighted by molar-refractivity contribution is 6.08. The number of anilines is 1. The Balaban J connectivity index is 2.79. The molecule has 1 aromatic carbocycles. The lowest BCUT2D eigenvalue weighted by Gasteiger charge is -2.07. The van der Waals surface area contributed by atoms with E-state index in [1.54, 1.807) is 18.2 Å². The summed E-state index contributed by atoms with van der Waals surface area (Å²) >= 11 is 0. The lowest BCUT2D eigenvalue weighted by Crippen LogP contribution is -2.37. The third-order valence-corrected chi connectivity index (χ3v) is 1.82. The van der Waals surface area contributed by atoms with Crippen LogP contribution in [0.2, 0.25) is 0 Å². The Hall–Kier alpha value is -1.88. The number of nitrogens with two attached hydrogens (primary N) is 1. The van der Waals surface area contributed by atoms with Crippen molar-refractivity contribution in [1.29, 1.82) is 0 Å². The number of amides is 2. The molecule has 0 fully saturated rings. The molecule has 0 heterocycles. The molecule has 1 atom stereocenters. The maximum Gasteiger partial charge on any atom is 0.260 e. The zero-order valence-electron chi connectivity index (χ0n) is 8.23. The Kier molecular flexibility index (Phi) is 3.41. The van der Waals surface area contributed by atoms with Gasteiger partial charge in [-0.2, -0.15) is 0 Å². The molecule has 0 saturated heterocycles. The van der Waals surface area contributed by atoms with E-state index in [-0.39, 0.29) is 11.3 Å². The van der Waals surface area contributed by atoms with Gasteiger partial charge >= 0.3 is 0 Å². The standard InChI is InChI=1S/C10H12N2O3/c1-6(13)9(14)12-10(15)7-4-2-3-5-8(7)11/h2-6,13H,11H2,1H3,(H,12,14,15). The van der Waals surface area contributed by atoms with Gasteiger partial charge in [-0.25, -0.2) is 0 Å². The summed E-state index contributed by atoms with van der Waals surface area (Å²) in [5, 5.41) is 10.9. The number of rotatable bonds is 2. The van der Waals surface area contributed by atoms with Crippen LogP contribution in [0.5, 0.6) is 0 Å². The summed E-state index contributed by atoms with van der Waals surface area (Å²) < 4.78 is 0. The minimum Gasteiger partial charge on any atom is -0.398 e. The summed E-state index contributed by atoms with van der Waals surface area (Å²) in [6.45, 7) is 1.27. The van der Waals surface area contributed by atoms with Gasteiger partial charge in [0, 0.05) is 5.69 Å². The number of hydrogen-bond acceptors (Lipinski definition) is 4. The molecule has 0 aliphatic carbocycles. The van der Waals surface area contributed by atoms with Crippen molar-refractivity contribution in [3.8, 4) is 0 Å². The highest BCUT2D eigenvalue weighted by Crippen LogP contribution is 2.09. The maximum atomic E-state index is 11.5. The van der Waals surface area contributed by atoms with Gasteiger partial charge in [-0.15, -0.1) is 0 Å². The van der Waals surface area contributed by atoms with Crippen molar-refractivity contribution in [2.75, 3.05) is 5.73 Å². The summed E-state index contributed by atoms with van der Waals surface area (Å²) in [6, 6.07) is 6.38. The molecule has 1 unspecified atom stereocenters. The smallest absolute Gasteiger partial charge is 0.260 e. The lowest BCUT2D eigenvalue weighted by atomic mass is 10.1. The average molecular weight is 208 g/mol. The molecule has 0 saturated carbocycles. The first kappa shape index (κ1) is 11.2. The molecule has 0 radical (unpaired) electrons. The van der Waals surface area contributed by atoms with E-state index in [0.717, 1.165) is 0 Å². The summed E-state index contributed by atoms with van der Waals surface area (Å²) in [4.78, 5) is 22.5. The second-order valence-electron chi connectivity index (χ2n) is 3.08. The number of carbonyl (C=O) groups excluding carboxylic acids is 2. The topological polar surface area (TPSA) is 92.4 Å². The fourth-order valence-corrected chi connectivity index (χ4v) is 0.987. The SMILES string of the molecule is CC(O)C(=O)NC(=O)c1ccccc1N. The molecule has 0 spiro atoms. The predicted molar refractivity (Wildman–Crippen MR) is 55.0 cm³/mol. The fourth-order valence-electron chi connectivity index (χ4n) is 0.987. The van der Waals surface area contributed by atoms with Crippen LogP contribution in [-0.4, -0.2) is 23.0 Å². The van der Waals surface area contributed by atoms with E-state index in [1.165, 1.54) is 13.0 Å². The van der Waals surface area contributed by atoms with Crippen LogP contribution >= 0.6 is 0 Å². The second-order valence-corrected chi connectivity index (χ2v) is 3.08. The third-order valence-electron chi connectivity index (χ3n) is 1.82. The van der Waals surface area contributed by atoms with Gasteiger partial charge in [0.2, 0.25) is 0 Å². The number of para-hydroxylation sites is 1. The summed E-state index contributed by atoms with van der Waals surface area (Å²) in [5.41, 5.74) is 6.04. The molecule has 80 valence electrons. The van der Waals surface area contributed by atoms with Crippen LogP contribution in [-0.2, 0) is 4.79 Å². The zero-order chi connectivity index (χ0) is 11.4. The molecular formula is C10H12N2O3. The highest BCUT2D eigenvalue weighted by Gasteiger charge is 2.15. The Morgan fingerprint density at radius 3 is 2.53 bits per heavy atom. The molecule has 2 amide bonds. The molecule has 1 aromatic rings. The minimum absolute atomic E-state index is 0.214. The van der Waals surface area contributed by atoms with Gasteiger partial charge in [0.1, 0.15) is 6.10 Å². The first-order valence-electron chi connectivity index (χ1n) is 4.40. The van der Waals surface area contributed by atoms with Crippen molar-refractivity contribution in [3.05, 3.63) is 29.8 Å². The molecule has 0 aromatic heterocycles. The Morgan fingerprint density at radius 2 is 2.00 bits per heavy atom. The number of aliphatic hydroxyl groups excluding tert-OH is 1. The summed E-state index contributed by atoms with van der Waals surface area (Å²) in [7, 11) is 0. The van der Waals surface area contributed by atoms with Crippen LogP contribution in [0.4, 0.5) is 5.69 Å². The molecule has 0 aliphatic rings. The van der Waals surface area contributed by atoms with E-state index in [4.69, 9.17) is 10.8 Å². The molecule has 4 N–H and O–H groups in total. The van der Waals surface area contributed by atoms with Gasteiger partial charge in [0.25, 0.3) is 11.8 Å². The Morgan fingerprint density at radius 1 is 1.40 bits per heavy atom. The van der Waals surface area contributed by atoms with Gasteiger partial charge in [-0.3, -0.25) is 14.9 Å². The van der Waals surface area contributed by atoms with E-state index in [9.17, 15) is 9.59 Å². The van der Waals surface area contributed by atoms with Crippen LogP contribution in [0, 0.1) is 0 Å². The summed E-state index contributed by atoms with van der Waals surface area (Å²) in [5.74, 6) is -1.36. The second kappa shape index (κ2) is 4.56. The number of aliphatic hydroxyl groups is 1. The van der Waals surface area contributed by atoms with Crippen molar-refractivity contribution >= 4 is 17.5 Å². The van der Waals surface area contributed by atoms with Crippen LogP contribution in [0.1, 0.15) is 17.3 Å². The van der Waals surface area contributed by atoms with E-state index in [0.29, 0.717) is 0 Å². The van der Waals surface area contributed by atoms with Crippen LogP contribution in [0.15, 0.2) is 24.3 Å². The summed E-state index contributed by atoms with van der Waals surface area (Å²) in [6.07, 6.45) is -1.22. The fraction of sp³-hybridized carbons (Fsp3) is 0.200. The predicted octanol–water partition coefficient (Wildman–Crippen LogP) is -0.0940. The van der Waals surface area contributed by atoms with E-state index in [1.807, 2.05) is 5.32 Å². The number of imide groups is 1. The molecule has 0 bridgehead atoms. The molecule has 1 rings (SSSR count). The largest absolute Gasteiger partial charge is 0.398 e. The van der Waals surface area contributed by atoms with E-state index in [2.05, 4.69) is 0 Å². The Labute approximate surface area is 86.9 Å². The van der Waals surface area contributed by atoms with Gasteiger partial charge in [-0.1, -0.05) is 12.1 Å². The van der Waals surface area contributed by atoms with Crippen molar-refractivity contribution < 1.29 is 14.7 Å². The number of nitrogens with one attached hydrogen (secondary N) is 1. The number of hydrogen-bond donors (Lipinski definition) is 3. The normalized spacial score (nSPS) is 11.9. The monoisotopic (exact) mass is 208 g/mol. The van der Waals surface area contributed by atoms with Crippen molar-refractivity contribution in [1.82, 2.24) is 5.32 Å². The minimum atomic E-state index is -1.22. The molecule has 5 nitrogen and oxygen atoms in total. The van der Waals surface area contributed by atoms with Gasteiger partial charge in [0.15, 0.2) is 0 Å². The zero-order valence-corrected chi connectivity index (χ0v) is 8.23. The van der Waals surface area contributed by atoms with Crippen LogP contribution in [0.25, 0.3) is 0 Å². The van der Waals surface area contributed by atoms with Crippen molar-refractivity contribution in [2.45, 2.75) is 13.0 Å². The maximum absolute atomic E-state index is 11.5. The number of carbonyl (C=O) groups is 2. The highest BCUT2D eigenvalue weighted by atomic mass is 16.3. The van der Waals surface area contributed by atoms with Gasteiger partial charge in [0.05, 0.1) is 5.56 Å². The molecule has 5 heteroatoms. The molecule has 0 aliphatic heterocycles.